The Morgan fingerprint density at radius 2 is 0.880 bits per heavy atom. The van der Waals surface area contributed by atoms with Crippen molar-refractivity contribution in [3.8, 4) is 23.0 Å². The lowest BCUT2D eigenvalue weighted by Crippen LogP contribution is -2.64. The first-order valence-electron chi connectivity index (χ1n) is 16.9. The molecule has 2 amide bonds. The molecule has 0 atom stereocenters. The normalized spacial score (nSPS) is 18.0. The van der Waals surface area contributed by atoms with Crippen molar-refractivity contribution in [2.75, 3.05) is 13.1 Å². The molecule has 0 saturated heterocycles. The minimum absolute atomic E-state index is 0.121. The third kappa shape index (κ3) is 8.49. The molecular formula is C40H42N2O8. The van der Waals surface area contributed by atoms with Crippen LogP contribution in [0.15, 0.2) is 109 Å². The highest BCUT2D eigenvalue weighted by Gasteiger charge is 2.64. The Bertz CT molecular complexity index is 1640. The summed E-state index contributed by atoms with van der Waals surface area (Å²) in [5, 5.41) is 20.7. The maximum Gasteiger partial charge on any atom is 0.308 e. The van der Waals surface area contributed by atoms with Gasteiger partial charge in [-0.25, -0.2) is 0 Å². The van der Waals surface area contributed by atoms with Crippen molar-refractivity contribution in [1.82, 2.24) is 9.80 Å². The molecule has 0 aliphatic heterocycles. The van der Waals surface area contributed by atoms with Gasteiger partial charge in [0.05, 0.1) is 23.7 Å². The third-order valence-corrected chi connectivity index (χ3v) is 8.80. The first kappa shape index (κ1) is 35.7. The second-order valence-corrected chi connectivity index (χ2v) is 12.4. The van der Waals surface area contributed by atoms with Gasteiger partial charge in [-0.15, -0.1) is 0 Å². The molecule has 1 aliphatic rings. The molecule has 1 aliphatic carbocycles. The average molecular weight is 679 g/mol. The largest absolute Gasteiger partial charge is 0.481 e. The summed E-state index contributed by atoms with van der Waals surface area (Å²) in [6.45, 7) is 4.56. The van der Waals surface area contributed by atoms with Crippen LogP contribution in [0.2, 0.25) is 0 Å². The SMILES string of the molecule is CCCN(Cc1cccc(Oc2ccccc2)c1)C(=O)C1C(C(=O)O)C(C(=O)N(CCC)Cc2cccc(Oc3ccccc3)c2)C1C(=O)O. The van der Waals surface area contributed by atoms with Gasteiger partial charge in [0.15, 0.2) is 0 Å². The third-order valence-electron chi connectivity index (χ3n) is 8.80. The number of nitrogens with zero attached hydrogens (tertiary/aromatic N) is 2. The number of hydrogen-bond donors (Lipinski definition) is 2. The fourth-order valence-electron chi connectivity index (χ4n) is 6.58. The summed E-state index contributed by atoms with van der Waals surface area (Å²) in [4.78, 5) is 56.6. The molecular weight excluding hydrogens is 636 g/mol. The summed E-state index contributed by atoms with van der Waals surface area (Å²) < 4.78 is 11.9. The minimum Gasteiger partial charge on any atom is -0.481 e. The molecule has 0 unspecified atom stereocenters. The number of carbonyl (C=O) groups excluding carboxylic acids is 2. The Labute approximate surface area is 291 Å². The van der Waals surface area contributed by atoms with Gasteiger partial charge in [0, 0.05) is 26.2 Å². The molecule has 4 aromatic carbocycles. The van der Waals surface area contributed by atoms with E-state index >= 15 is 0 Å². The molecule has 0 spiro atoms. The Kier molecular flexibility index (Phi) is 11.9. The van der Waals surface area contributed by atoms with Crippen LogP contribution in [-0.2, 0) is 32.3 Å². The van der Waals surface area contributed by atoms with Crippen molar-refractivity contribution < 1.29 is 38.9 Å². The van der Waals surface area contributed by atoms with Crippen LogP contribution in [-0.4, -0.2) is 56.9 Å². The number of rotatable bonds is 16. The lowest BCUT2D eigenvalue weighted by molar-refractivity contribution is -0.187. The maximum atomic E-state index is 14.1. The highest BCUT2D eigenvalue weighted by molar-refractivity contribution is 5.99. The topological polar surface area (TPSA) is 134 Å². The highest BCUT2D eigenvalue weighted by atomic mass is 16.5. The Hall–Kier alpha value is -5.64. The van der Waals surface area contributed by atoms with Gasteiger partial charge in [-0.1, -0.05) is 74.5 Å². The summed E-state index contributed by atoms with van der Waals surface area (Å²) in [7, 11) is 0. The van der Waals surface area contributed by atoms with E-state index in [0.717, 1.165) is 11.1 Å². The summed E-state index contributed by atoms with van der Waals surface area (Å²) in [5.41, 5.74) is 1.47. The van der Waals surface area contributed by atoms with Gasteiger partial charge >= 0.3 is 11.9 Å². The molecule has 50 heavy (non-hydrogen) atoms. The predicted octanol–water partition coefficient (Wildman–Crippen LogP) is 7.10. The van der Waals surface area contributed by atoms with Crippen LogP contribution in [0.3, 0.4) is 0 Å². The van der Waals surface area contributed by atoms with Crippen LogP contribution in [0.4, 0.5) is 0 Å². The molecule has 0 radical (unpaired) electrons. The summed E-state index contributed by atoms with van der Waals surface area (Å²) in [6.07, 6.45) is 1.13. The van der Waals surface area contributed by atoms with E-state index in [1.807, 2.05) is 86.6 Å². The number of para-hydroxylation sites is 2. The highest BCUT2D eigenvalue weighted by Crippen LogP contribution is 2.49. The van der Waals surface area contributed by atoms with E-state index in [2.05, 4.69) is 0 Å². The maximum absolute atomic E-state index is 14.1. The lowest BCUT2D eigenvalue weighted by Gasteiger charge is -2.48. The zero-order valence-corrected chi connectivity index (χ0v) is 28.2. The molecule has 1 saturated carbocycles. The van der Waals surface area contributed by atoms with Crippen LogP contribution in [0.25, 0.3) is 0 Å². The molecule has 1 fully saturated rings. The summed E-state index contributed by atoms with van der Waals surface area (Å²) in [6, 6.07) is 32.9. The van der Waals surface area contributed by atoms with E-state index in [4.69, 9.17) is 9.47 Å². The first-order chi connectivity index (χ1) is 24.2. The molecule has 0 bridgehead atoms. The first-order valence-corrected chi connectivity index (χ1v) is 16.9. The molecule has 0 heterocycles. The summed E-state index contributed by atoms with van der Waals surface area (Å²) >= 11 is 0. The van der Waals surface area contributed by atoms with Crippen molar-refractivity contribution in [2.45, 2.75) is 39.8 Å². The Balaban J connectivity index is 1.35. The molecule has 5 rings (SSSR count). The van der Waals surface area contributed by atoms with E-state index in [-0.39, 0.29) is 26.2 Å². The van der Waals surface area contributed by atoms with E-state index < -0.39 is 47.4 Å². The second kappa shape index (κ2) is 16.6. The zero-order chi connectivity index (χ0) is 35.6. The minimum atomic E-state index is -1.49. The molecule has 2 N–H and O–H groups in total. The Morgan fingerprint density at radius 3 is 1.22 bits per heavy atom. The lowest BCUT2D eigenvalue weighted by atomic mass is 9.55. The molecule has 4 aromatic rings. The standard InChI is InChI=1S/C40H42N2O8/c1-3-21-41(25-27-13-11-19-31(23-27)49-29-15-7-5-8-16-29)37(43)33-35(39(45)46)34(36(33)40(47)48)38(44)42(22-4-2)26-28-14-12-20-32(24-28)50-30-17-9-6-10-18-30/h5-20,23-24,33-36H,3-4,21-22,25-26H2,1-2H3,(H,45,46)(H,47,48). The number of carboxylic acids is 2. The van der Waals surface area contributed by atoms with Crippen LogP contribution in [0.1, 0.15) is 37.8 Å². The van der Waals surface area contributed by atoms with Crippen LogP contribution in [0, 0.1) is 23.7 Å². The Morgan fingerprint density at radius 1 is 0.520 bits per heavy atom. The molecule has 10 heteroatoms. The van der Waals surface area contributed by atoms with Crippen molar-refractivity contribution >= 4 is 23.8 Å². The fourth-order valence-corrected chi connectivity index (χ4v) is 6.58. The molecule has 10 nitrogen and oxygen atoms in total. The van der Waals surface area contributed by atoms with Crippen LogP contribution >= 0.6 is 0 Å². The summed E-state index contributed by atoms with van der Waals surface area (Å²) in [5.74, 6) is -7.31. The van der Waals surface area contributed by atoms with Gasteiger partial charge in [-0.2, -0.15) is 0 Å². The van der Waals surface area contributed by atoms with Gasteiger partial charge in [0.25, 0.3) is 0 Å². The average Bonchev–Trinajstić information content (AvgIpc) is 3.08. The van der Waals surface area contributed by atoms with E-state index in [0.29, 0.717) is 35.8 Å². The quantitative estimate of drug-likeness (QED) is 0.128. The van der Waals surface area contributed by atoms with Crippen LogP contribution < -0.4 is 9.47 Å². The van der Waals surface area contributed by atoms with E-state index in [1.165, 1.54) is 9.80 Å². The van der Waals surface area contributed by atoms with E-state index in [1.54, 1.807) is 36.4 Å². The van der Waals surface area contributed by atoms with Gasteiger partial charge in [0.1, 0.15) is 23.0 Å². The molecule has 0 aromatic heterocycles. The smallest absolute Gasteiger partial charge is 0.308 e. The number of ether oxygens (including phenoxy) is 2. The van der Waals surface area contributed by atoms with Gasteiger partial charge < -0.3 is 29.5 Å². The predicted molar refractivity (Wildman–Crippen MR) is 187 cm³/mol. The van der Waals surface area contributed by atoms with Crippen molar-refractivity contribution in [2.24, 2.45) is 23.7 Å². The molecule has 260 valence electrons. The number of carboxylic acid groups (broad SMARTS) is 2. The van der Waals surface area contributed by atoms with E-state index in [9.17, 15) is 29.4 Å². The van der Waals surface area contributed by atoms with Gasteiger partial charge in [0.2, 0.25) is 11.8 Å². The number of benzene rings is 4. The van der Waals surface area contributed by atoms with Gasteiger partial charge in [-0.05, 0) is 72.5 Å². The number of aliphatic carboxylic acids is 2. The number of amides is 2. The number of hydrogen-bond acceptors (Lipinski definition) is 6. The van der Waals surface area contributed by atoms with Crippen molar-refractivity contribution in [1.29, 1.82) is 0 Å². The van der Waals surface area contributed by atoms with Crippen LogP contribution in [0.5, 0.6) is 23.0 Å². The zero-order valence-electron chi connectivity index (χ0n) is 28.2. The van der Waals surface area contributed by atoms with Gasteiger partial charge in [-0.3, -0.25) is 19.2 Å². The fraction of sp³-hybridized carbons (Fsp3) is 0.300. The number of carbonyl (C=O) groups is 4. The monoisotopic (exact) mass is 678 g/mol. The van der Waals surface area contributed by atoms with Crippen molar-refractivity contribution in [3.63, 3.8) is 0 Å². The van der Waals surface area contributed by atoms with Crippen molar-refractivity contribution in [3.05, 3.63) is 120 Å². The second-order valence-electron chi connectivity index (χ2n) is 12.4.